The highest BCUT2D eigenvalue weighted by atomic mass is 32.2. The molecule has 5 nitrogen and oxygen atoms in total. The van der Waals surface area contributed by atoms with Crippen LogP contribution in [0.3, 0.4) is 0 Å². The molecule has 1 amide bonds. The third-order valence-electron chi connectivity index (χ3n) is 5.91. The number of carbonyl (C=O) groups excluding carboxylic acids is 1. The molecular weight excluding hydrogens is 398 g/mol. The molecule has 2 heterocycles. The molecule has 158 valence electrons. The number of furan rings is 1. The summed E-state index contributed by atoms with van der Waals surface area (Å²) in [6.07, 6.45) is 3.25. The first-order valence-electron chi connectivity index (χ1n) is 10.4. The zero-order valence-corrected chi connectivity index (χ0v) is 18.2. The number of nitrogens with zero attached hydrogens (tertiary/aromatic N) is 1. The number of aryl methyl sites for hydroxylation is 2. The Morgan fingerprint density at radius 2 is 1.87 bits per heavy atom. The summed E-state index contributed by atoms with van der Waals surface area (Å²) in [7, 11) is -3.09. The summed E-state index contributed by atoms with van der Waals surface area (Å²) in [6, 6.07) is 13.8. The number of carbonyl (C=O) groups is 1. The van der Waals surface area contributed by atoms with Crippen LogP contribution in [0.2, 0.25) is 0 Å². The Morgan fingerprint density at radius 1 is 1.13 bits per heavy atom. The monoisotopic (exact) mass is 425 g/mol. The molecule has 0 radical (unpaired) electrons. The number of amides is 1. The topological polar surface area (TPSA) is 67.6 Å². The van der Waals surface area contributed by atoms with Gasteiger partial charge in [-0.3, -0.25) is 4.79 Å². The molecule has 6 heteroatoms. The van der Waals surface area contributed by atoms with Crippen molar-refractivity contribution < 1.29 is 17.6 Å². The molecule has 0 bridgehead atoms. The van der Waals surface area contributed by atoms with E-state index in [4.69, 9.17) is 4.42 Å². The lowest BCUT2D eigenvalue weighted by Gasteiger charge is -2.28. The lowest BCUT2D eigenvalue weighted by Crippen LogP contribution is -2.41. The third-order valence-corrected chi connectivity index (χ3v) is 7.66. The van der Waals surface area contributed by atoms with Gasteiger partial charge in [-0.15, -0.1) is 0 Å². The Morgan fingerprint density at radius 3 is 2.53 bits per heavy atom. The average Bonchev–Trinajstić information content (AvgIpc) is 3.29. The van der Waals surface area contributed by atoms with Gasteiger partial charge in [-0.25, -0.2) is 8.42 Å². The second kappa shape index (κ2) is 8.26. The molecule has 1 saturated heterocycles. The van der Waals surface area contributed by atoms with Crippen LogP contribution in [0.5, 0.6) is 0 Å². The van der Waals surface area contributed by atoms with Gasteiger partial charge < -0.3 is 9.32 Å². The Labute approximate surface area is 177 Å². The van der Waals surface area contributed by atoms with Crippen LogP contribution in [-0.2, 0) is 34.0 Å². The van der Waals surface area contributed by atoms with Gasteiger partial charge in [-0.2, -0.15) is 0 Å². The average molecular weight is 426 g/mol. The van der Waals surface area contributed by atoms with Crippen LogP contribution in [0.15, 0.2) is 53.1 Å². The number of sulfone groups is 1. The van der Waals surface area contributed by atoms with Gasteiger partial charge in [-0.05, 0) is 43.0 Å². The second-order valence-corrected chi connectivity index (χ2v) is 10.4. The highest BCUT2D eigenvalue weighted by molar-refractivity contribution is 7.91. The molecule has 30 heavy (non-hydrogen) atoms. The number of rotatable bonds is 6. The predicted octanol–water partition coefficient (Wildman–Crippen LogP) is 4.06. The van der Waals surface area contributed by atoms with Crippen molar-refractivity contribution in [3.8, 4) is 0 Å². The fourth-order valence-corrected chi connectivity index (χ4v) is 5.81. The summed E-state index contributed by atoms with van der Waals surface area (Å²) in [5, 5.41) is 0.956. The Bertz CT molecular complexity index is 1160. The third kappa shape index (κ3) is 4.43. The van der Waals surface area contributed by atoms with E-state index in [1.54, 1.807) is 11.2 Å². The van der Waals surface area contributed by atoms with Crippen molar-refractivity contribution in [3.05, 3.63) is 71.0 Å². The van der Waals surface area contributed by atoms with Gasteiger partial charge >= 0.3 is 0 Å². The van der Waals surface area contributed by atoms with Crippen molar-refractivity contribution in [2.24, 2.45) is 0 Å². The molecule has 2 aromatic carbocycles. The molecule has 4 rings (SSSR count). The highest BCUT2D eigenvalue weighted by Crippen LogP contribution is 2.26. The van der Waals surface area contributed by atoms with Crippen LogP contribution in [0, 0.1) is 6.92 Å². The molecule has 0 N–H and O–H groups in total. The van der Waals surface area contributed by atoms with E-state index in [2.05, 4.69) is 13.0 Å². The number of fused-ring (bicyclic) bond motifs is 1. The van der Waals surface area contributed by atoms with E-state index in [1.165, 1.54) is 5.56 Å². The first kappa shape index (κ1) is 20.7. The van der Waals surface area contributed by atoms with E-state index in [0.29, 0.717) is 13.0 Å². The number of hydrogen-bond acceptors (Lipinski definition) is 4. The van der Waals surface area contributed by atoms with Crippen molar-refractivity contribution in [3.63, 3.8) is 0 Å². The summed E-state index contributed by atoms with van der Waals surface area (Å²) < 4.78 is 29.8. The van der Waals surface area contributed by atoms with Crippen molar-refractivity contribution in [2.45, 2.75) is 45.7 Å². The zero-order valence-electron chi connectivity index (χ0n) is 17.4. The van der Waals surface area contributed by atoms with Gasteiger partial charge in [0.15, 0.2) is 9.84 Å². The summed E-state index contributed by atoms with van der Waals surface area (Å²) in [4.78, 5) is 15.1. The van der Waals surface area contributed by atoms with Crippen LogP contribution in [0.4, 0.5) is 0 Å². The Balaban J connectivity index is 1.61. The predicted molar refractivity (Wildman–Crippen MR) is 118 cm³/mol. The Hall–Kier alpha value is -2.60. The highest BCUT2D eigenvalue weighted by Gasteiger charge is 2.34. The van der Waals surface area contributed by atoms with Gasteiger partial charge in [0.25, 0.3) is 0 Å². The van der Waals surface area contributed by atoms with Crippen molar-refractivity contribution in [1.29, 1.82) is 0 Å². The van der Waals surface area contributed by atoms with Gasteiger partial charge in [0.1, 0.15) is 5.58 Å². The number of benzene rings is 2. The van der Waals surface area contributed by atoms with E-state index in [0.717, 1.165) is 34.1 Å². The van der Waals surface area contributed by atoms with Crippen LogP contribution >= 0.6 is 0 Å². The zero-order chi connectivity index (χ0) is 21.3. The van der Waals surface area contributed by atoms with Crippen molar-refractivity contribution >= 4 is 26.7 Å². The molecule has 3 aromatic rings. The summed E-state index contributed by atoms with van der Waals surface area (Å²) in [5.41, 5.74) is 4.96. The fourth-order valence-electron chi connectivity index (χ4n) is 4.08. The molecular formula is C24H27NO4S. The quantitative estimate of drug-likeness (QED) is 0.597. The molecule has 1 aliphatic heterocycles. The number of hydrogen-bond donors (Lipinski definition) is 0. The summed E-state index contributed by atoms with van der Waals surface area (Å²) >= 11 is 0. The standard InChI is InChI=1S/C24H27NO4S/c1-3-18-8-9-23-22(12-18)20(15-29-23)13-24(26)25(21-10-11-30(27,28)16-21)14-19-6-4-17(2)5-7-19/h4-9,12,15,21H,3,10-11,13-14,16H2,1-2H3/t21-/m0/s1. The molecule has 0 aliphatic carbocycles. The maximum absolute atomic E-state index is 13.4. The lowest BCUT2D eigenvalue weighted by atomic mass is 10.0. The molecule has 1 aromatic heterocycles. The normalized spacial score (nSPS) is 18.0. The summed E-state index contributed by atoms with van der Waals surface area (Å²) in [5.74, 6) is 0.114. The Kier molecular flexibility index (Phi) is 5.69. The minimum atomic E-state index is -3.09. The fraction of sp³-hybridized carbons (Fsp3) is 0.375. The van der Waals surface area contributed by atoms with E-state index in [-0.39, 0.29) is 29.9 Å². The van der Waals surface area contributed by atoms with Crippen molar-refractivity contribution in [1.82, 2.24) is 4.90 Å². The maximum atomic E-state index is 13.4. The van der Waals surface area contributed by atoms with Gasteiger partial charge in [0.05, 0.1) is 24.2 Å². The first-order chi connectivity index (χ1) is 14.3. The van der Waals surface area contributed by atoms with E-state index < -0.39 is 9.84 Å². The molecule has 0 unspecified atom stereocenters. The smallest absolute Gasteiger partial charge is 0.227 e. The van der Waals surface area contributed by atoms with E-state index in [9.17, 15) is 13.2 Å². The molecule has 0 spiro atoms. The molecule has 1 aliphatic rings. The molecule has 1 fully saturated rings. The molecule has 1 atom stereocenters. The second-order valence-electron chi connectivity index (χ2n) is 8.19. The van der Waals surface area contributed by atoms with E-state index >= 15 is 0 Å². The van der Waals surface area contributed by atoms with Crippen LogP contribution in [0.25, 0.3) is 11.0 Å². The van der Waals surface area contributed by atoms with E-state index in [1.807, 2.05) is 43.3 Å². The first-order valence-corrected chi connectivity index (χ1v) is 12.2. The SMILES string of the molecule is CCc1ccc2occ(CC(=O)N(Cc3ccc(C)cc3)[C@H]3CCS(=O)(=O)C3)c2c1. The molecule has 0 saturated carbocycles. The van der Waals surface area contributed by atoms with Crippen LogP contribution in [-0.4, -0.2) is 36.8 Å². The summed E-state index contributed by atoms with van der Waals surface area (Å²) in [6.45, 7) is 4.52. The van der Waals surface area contributed by atoms with Crippen LogP contribution < -0.4 is 0 Å². The van der Waals surface area contributed by atoms with Gasteiger partial charge in [0.2, 0.25) is 5.91 Å². The minimum absolute atomic E-state index is 0.0384. The van der Waals surface area contributed by atoms with Gasteiger partial charge in [0, 0.05) is 23.5 Å². The lowest BCUT2D eigenvalue weighted by molar-refractivity contribution is -0.133. The van der Waals surface area contributed by atoms with Crippen LogP contribution in [0.1, 0.15) is 35.6 Å². The van der Waals surface area contributed by atoms with Gasteiger partial charge in [-0.1, -0.05) is 42.8 Å². The van der Waals surface area contributed by atoms with Crippen molar-refractivity contribution in [2.75, 3.05) is 11.5 Å². The minimum Gasteiger partial charge on any atom is -0.464 e. The largest absolute Gasteiger partial charge is 0.464 e. The maximum Gasteiger partial charge on any atom is 0.227 e.